The number of hydrogen-bond acceptors (Lipinski definition) is 6. The van der Waals surface area contributed by atoms with Gasteiger partial charge in [-0.2, -0.15) is 0 Å². The normalized spacial score (nSPS) is 13.9. The highest BCUT2D eigenvalue weighted by molar-refractivity contribution is 7.45. The third-order valence-electron chi connectivity index (χ3n) is 14.9. The van der Waals surface area contributed by atoms with Crippen LogP contribution in [-0.4, -0.2) is 68.5 Å². The molecule has 2 N–H and O–H groups in total. The van der Waals surface area contributed by atoms with Gasteiger partial charge < -0.3 is 28.8 Å². The van der Waals surface area contributed by atoms with E-state index in [2.05, 4.69) is 31.3 Å². The lowest BCUT2D eigenvalue weighted by Gasteiger charge is -2.29. The molecule has 434 valence electrons. The smallest absolute Gasteiger partial charge is 0.268 e. The Bertz CT molecular complexity index is 1240. The molecule has 0 fully saturated rings. The van der Waals surface area contributed by atoms with Crippen LogP contribution in [0, 0.1) is 0 Å². The fourth-order valence-corrected chi connectivity index (χ4v) is 10.6. The van der Waals surface area contributed by atoms with Gasteiger partial charge in [-0.15, -0.1) is 0 Å². The lowest BCUT2D eigenvalue weighted by atomic mass is 10.0. The number of amides is 1. The highest BCUT2D eigenvalue weighted by Crippen LogP contribution is 2.38. The predicted molar refractivity (Wildman–Crippen MR) is 316 cm³/mol. The minimum Gasteiger partial charge on any atom is -0.756 e. The van der Waals surface area contributed by atoms with Crippen molar-refractivity contribution >= 4 is 13.7 Å². The third kappa shape index (κ3) is 58.5. The van der Waals surface area contributed by atoms with Crippen molar-refractivity contribution < 1.29 is 32.9 Å². The predicted octanol–water partition coefficient (Wildman–Crippen LogP) is 19.3. The van der Waals surface area contributed by atoms with Crippen LogP contribution in [0.1, 0.15) is 328 Å². The lowest BCUT2D eigenvalue weighted by molar-refractivity contribution is -0.870. The van der Waals surface area contributed by atoms with E-state index in [4.69, 9.17) is 9.05 Å². The van der Waals surface area contributed by atoms with E-state index < -0.39 is 20.0 Å². The number of nitrogens with zero attached hydrogens (tertiary/aromatic N) is 1. The quantitative estimate of drug-likeness (QED) is 0.0272. The molecule has 0 rings (SSSR count). The summed E-state index contributed by atoms with van der Waals surface area (Å²) in [5, 5.41) is 13.9. The molecule has 8 nitrogen and oxygen atoms in total. The maximum atomic E-state index is 13.0. The molecule has 0 spiro atoms. The summed E-state index contributed by atoms with van der Waals surface area (Å²) in [6.07, 6.45) is 71.5. The highest BCUT2D eigenvalue weighted by Gasteiger charge is 2.23. The minimum absolute atomic E-state index is 0.00145. The number of hydrogen-bond donors (Lipinski definition) is 2. The number of unbranched alkanes of at least 4 members (excludes halogenated alkanes) is 45. The van der Waals surface area contributed by atoms with Crippen LogP contribution in [-0.2, 0) is 18.4 Å². The average molecular weight is 1050 g/mol. The number of nitrogens with one attached hydrogen (secondary N) is 1. The van der Waals surface area contributed by atoms with E-state index in [9.17, 15) is 19.4 Å². The van der Waals surface area contributed by atoms with Crippen LogP contribution in [0.3, 0.4) is 0 Å². The molecule has 0 aliphatic rings. The summed E-state index contributed by atoms with van der Waals surface area (Å²) in [5.74, 6) is -0.191. The van der Waals surface area contributed by atoms with E-state index in [1.165, 1.54) is 270 Å². The van der Waals surface area contributed by atoms with Crippen LogP contribution < -0.4 is 10.2 Å². The van der Waals surface area contributed by atoms with Gasteiger partial charge in [-0.05, 0) is 44.9 Å². The summed E-state index contributed by atoms with van der Waals surface area (Å²) < 4.78 is 23.4. The zero-order valence-electron chi connectivity index (χ0n) is 49.6. The number of aliphatic hydroxyl groups excluding tert-OH is 1. The number of rotatable bonds is 60. The molecule has 9 heteroatoms. The maximum absolute atomic E-state index is 13.0. The SMILES string of the molecule is CCCCCCCCCCCCCCCC/C=C\CCCCCCCCCCCCCCCCCCCC(=O)NC(COP(=O)([O-])OCC[N+](C)(C)C)C(O)/C=C/CCCCCCCCCCCCCCCC. The second-order valence-corrected chi connectivity index (χ2v) is 24.9. The van der Waals surface area contributed by atoms with Crippen molar-refractivity contribution in [1.82, 2.24) is 5.32 Å². The van der Waals surface area contributed by atoms with Crippen LogP contribution in [0.2, 0.25) is 0 Å². The second-order valence-electron chi connectivity index (χ2n) is 23.5. The first-order valence-corrected chi connectivity index (χ1v) is 33.7. The number of phosphoric acid groups is 1. The molecular formula is C64H127N2O6P. The zero-order chi connectivity index (χ0) is 53.5. The van der Waals surface area contributed by atoms with Crippen molar-refractivity contribution in [2.75, 3.05) is 40.9 Å². The Hall–Kier alpha value is -1.02. The molecule has 0 saturated carbocycles. The molecule has 0 aromatic heterocycles. The molecule has 1 amide bonds. The number of allylic oxidation sites excluding steroid dienone is 3. The molecular weight excluding hydrogens is 924 g/mol. The fourth-order valence-electron chi connectivity index (χ4n) is 9.86. The molecule has 0 aromatic carbocycles. The number of likely N-dealkylation sites (N-methyl/N-ethyl adjacent to an activating group) is 1. The summed E-state index contributed by atoms with van der Waals surface area (Å²) in [4.78, 5) is 25.5. The van der Waals surface area contributed by atoms with Gasteiger partial charge in [0.15, 0.2) is 0 Å². The highest BCUT2D eigenvalue weighted by atomic mass is 31.2. The van der Waals surface area contributed by atoms with Crippen LogP contribution >= 0.6 is 7.82 Å². The van der Waals surface area contributed by atoms with Crippen molar-refractivity contribution in [2.45, 2.75) is 341 Å². The van der Waals surface area contributed by atoms with E-state index >= 15 is 0 Å². The van der Waals surface area contributed by atoms with Gasteiger partial charge in [-0.3, -0.25) is 9.36 Å². The van der Waals surface area contributed by atoms with Gasteiger partial charge in [-0.25, -0.2) is 0 Å². The number of carbonyl (C=O) groups is 1. The molecule has 3 unspecified atom stereocenters. The van der Waals surface area contributed by atoms with Crippen molar-refractivity contribution in [1.29, 1.82) is 0 Å². The summed E-state index contributed by atoms with van der Waals surface area (Å²) in [5.41, 5.74) is 0. The maximum Gasteiger partial charge on any atom is 0.268 e. The molecule has 3 atom stereocenters. The van der Waals surface area contributed by atoms with E-state index in [0.717, 1.165) is 38.5 Å². The molecule has 0 bridgehead atoms. The summed E-state index contributed by atoms with van der Waals surface area (Å²) in [7, 11) is 1.28. The Morgan fingerprint density at radius 1 is 0.466 bits per heavy atom. The second kappa shape index (κ2) is 55.7. The van der Waals surface area contributed by atoms with E-state index in [1.54, 1.807) is 6.08 Å². The van der Waals surface area contributed by atoms with Crippen molar-refractivity contribution in [3.63, 3.8) is 0 Å². The van der Waals surface area contributed by atoms with Crippen molar-refractivity contribution in [3.8, 4) is 0 Å². The van der Waals surface area contributed by atoms with Gasteiger partial charge >= 0.3 is 0 Å². The molecule has 0 saturated heterocycles. The Kier molecular flexibility index (Phi) is 54.9. The molecule has 73 heavy (non-hydrogen) atoms. The fraction of sp³-hybridized carbons (Fsp3) is 0.922. The average Bonchev–Trinajstić information content (AvgIpc) is 3.35. The number of quaternary nitrogens is 1. The van der Waals surface area contributed by atoms with Crippen molar-refractivity contribution in [2.24, 2.45) is 0 Å². The van der Waals surface area contributed by atoms with Gasteiger partial charge in [0, 0.05) is 6.42 Å². The van der Waals surface area contributed by atoms with Gasteiger partial charge in [0.1, 0.15) is 13.2 Å². The van der Waals surface area contributed by atoms with Crippen LogP contribution in [0.15, 0.2) is 24.3 Å². The summed E-state index contributed by atoms with van der Waals surface area (Å²) >= 11 is 0. The Morgan fingerprint density at radius 3 is 1.07 bits per heavy atom. The summed E-state index contributed by atoms with van der Waals surface area (Å²) in [6.45, 7) is 4.70. The topological polar surface area (TPSA) is 108 Å². The van der Waals surface area contributed by atoms with E-state index in [1.807, 2.05) is 27.2 Å². The molecule has 0 radical (unpaired) electrons. The molecule has 0 aliphatic carbocycles. The monoisotopic (exact) mass is 1050 g/mol. The molecule has 0 heterocycles. The Labute approximate surface area is 455 Å². The summed E-state index contributed by atoms with van der Waals surface area (Å²) in [6, 6.07) is -0.884. The largest absolute Gasteiger partial charge is 0.756 e. The van der Waals surface area contributed by atoms with Gasteiger partial charge in [0.2, 0.25) is 5.91 Å². The number of aliphatic hydroxyl groups is 1. The first-order chi connectivity index (χ1) is 35.5. The molecule has 0 aliphatic heterocycles. The standard InChI is InChI=1S/C64H127N2O6P/c1-6-8-10-12-14-16-18-20-22-24-25-26-27-28-29-30-31-32-33-34-35-36-37-38-39-40-41-42-44-46-48-50-52-54-56-58-64(68)65-62(61-72-73(69,70)71-60-59-66(3,4)5)63(67)57-55-53-51-49-47-45-43-23-21-19-17-15-13-11-9-7-2/h30-31,55,57,62-63,67H,6-29,32-54,56,58-61H2,1-5H3,(H-,65,68,69,70)/b31-30-,57-55+. The van der Waals surface area contributed by atoms with Crippen LogP contribution in [0.5, 0.6) is 0 Å². The van der Waals surface area contributed by atoms with E-state index in [0.29, 0.717) is 17.4 Å². The van der Waals surface area contributed by atoms with Gasteiger partial charge in [-0.1, -0.05) is 301 Å². The minimum atomic E-state index is -4.59. The molecule has 0 aromatic rings. The van der Waals surface area contributed by atoms with Crippen LogP contribution in [0.4, 0.5) is 0 Å². The van der Waals surface area contributed by atoms with Gasteiger partial charge in [0.05, 0.1) is 39.9 Å². The Balaban J connectivity index is 3.97. The van der Waals surface area contributed by atoms with Crippen molar-refractivity contribution in [3.05, 3.63) is 24.3 Å². The van der Waals surface area contributed by atoms with Crippen LogP contribution in [0.25, 0.3) is 0 Å². The Morgan fingerprint density at radius 2 is 0.753 bits per heavy atom. The number of carbonyl (C=O) groups excluding carboxylic acids is 1. The zero-order valence-corrected chi connectivity index (χ0v) is 50.5. The van der Waals surface area contributed by atoms with Gasteiger partial charge in [0.25, 0.3) is 7.82 Å². The number of phosphoric ester groups is 1. The third-order valence-corrected chi connectivity index (χ3v) is 15.9. The first-order valence-electron chi connectivity index (χ1n) is 32.2. The lowest BCUT2D eigenvalue weighted by Crippen LogP contribution is -2.45. The van der Waals surface area contributed by atoms with E-state index in [-0.39, 0.29) is 19.1 Å². The first kappa shape index (κ1) is 72.0.